The topological polar surface area (TPSA) is 85.4 Å². The van der Waals surface area contributed by atoms with Crippen molar-refractivity contribution < 1.29 is 26.7 Å². The number of fused-ring (bicyclic) bond motifs is 2. The van der Waals surface area contributed by atoms with Gasteiger partial charge in [-0.1, -0.05) is 11.3 Å². The maximum absolute atomic E-state index is 15.2. The maximum Gasteiger partial charge on any atom is 0.280 e. The van der Waals surface area contributed by atoms with E-state index >= 15 is 4.39 Å². The van der Waals surface area contributed by atoms with Crippen molar-refractivity contribution in [3.63, 3.8) is 0 Å². The van der Waals surface area contributed by atoms with Crippen molar-refractivity contribution >= 4 is 22.5 Å². The molecule has 0 saturated carbocycles. The van der Waals surface area contributed by atoms with Crippen LogP contribution in [-0.2, 0) is 6.54 Å². The second kappa shape index (κ2) is 8.59. The number of anilines is 1. The molecule has 14 heteroatoms. The van der Waals surface area contributed by atoms with Gasteiger partial charge in [-0.3, -0.25) is 0 Å². The van der Waals surface area contributed by atoms with E-state index in [1.807, 2.05) is 0 Å². The van der Waals surface area contributed by atoms with Gasteiger partial charge in [-0.25, -0.2) is 31.1 Å². The molecule has 1 aromatic carbocycles. The monoisotopic (exact) mass is 496 g/mol. The smallest absolute Gasteiger partial charge is 0.280 e. The van der Waals surface area contributed by atoms with E-state index in [0.29, 0.717) is 23.1 Å². The molecule has 0 spiro atoms. The molecule has 1 unspecified atom stereocenters. The number of hydrogen-bond donors (Lipinski definition) is 1. The van der Waals surface area contributed by atoms with Crippen molar-refractivity contribution in [2.45, 2.75) is 31.4 Å². The molecule has 4 aromatic rings. The summed E-state index contributed by atoms with van der Waals surface area (Å²) in [6, 6.07) is 3.38. The number of piperidine rings is 1. The second-order valence-electron chi connectivity index (χ2n) is 8.44. The lowest BCUT2D eigenvalue weighted by Gasteiger charge is -2.36. The SMILES string of the molecule is COc1nc(NC2CCN(C)CC2(F)F)nn2cc(F)c(-c3ccc4nnn(CC(F)F)c4c3)c12. The molecule has 35 heavy (non-hydrogen) atoms. The molecule has 0 bridgehead atoms. The van der Waals surface area contributed by atoms with Crippen LogP contribution in [0.2, 0.25) is 0 Å². The quantitative estimate of drug-likeness (QED) is 0.410. The minimum Gasteiger partial charge on any atom is -0.479 e. The summed E-state index contributed by atoms with van der Waals surface area (Å²) in [5.74, 6) is -3.89. The zero-order valence-corrected chi connectivity index (χ0v) is 18.7. The molecule has 3 aromatic heterocycles. The summed E-state index contributed by atoms with van der Waals surface area (Å²) in [6.07, 6.45) is -1.41. The van der Waals surface area contributed by atoms with Gasteiger partial charge in [-0.2, -0.15) is 4.98 Å². The Morgan fingerprint density at radius 1 is 1.29 bits per heavy atom. The number of halogens is 5. The van der Waals surface area contributed by atoms with Crippen molar-refractivity contribution in [1.82, 2.24) is 34.5 Å². The molecule has 1 aliphatic heterocycles. The van der Waals surface area contributed by atoms with Crippen LogP contribution in [0.5, 0.6) is 5.88 Å². The number of hydrogen-bond acceptors (Lipinski definition) is 7. The molecule has 1 atom stereocenters. The predicted octanol–water partition coefficient (Wildman–Crippen LogP) is 3.31. The Labute approximate surface area is 195 Å². The van der Waals surface area contributed by atoms with Gasteiger partial charge in [-0.05, 0) is 31.2 Å². The number of likely N-dealkylation sites (tertiary alicyclic amines) is 1. The minimum absolute atomic E-state index is 0.0445. The van der Waals surface area contributed by atoms with Crippen LogP contribution < -0.4 is 10.1 Å². The molecule has 0 aliphatic carbocycles. The van der Waals surface area contributed by atoms with Crippen LogP contribution in [0.15, 0.2) is 24.4 Å². The van der Waals surface area contributed by atoms with E-state index in [0.717, 1.165) is 15.4 Å². The molecule has 1 fully saturated rings. The molecule has 9 nitrogen and oxygen atoms in total. The van der Waals surface area contributed by atoms with Crippen LogP contribution >= 0.6 is 0 Å². The molecule has 1 saturated heterocycles. The normalized spacial score (nSPS) is 18.6. The van der Waals surface area contributed by atoms with Crippen molar-refractivity contribution in [3.8, 4) is 17.0 Å². The van der Waals surface area contributed by atoms with E-state index in [-0.39, 0.29) is 29.3 Å². The van der Waals surface area contributed by atoms with Crippen molar-refractivity contribution in [2.75, 3.05) is 32.6 Å². The van der Waals surface area contributed by atoms with Gasteiger partial charge in [0.25, 0.3) is 12.3 Å². The second-order valence-corrected chi connectivity index (χ2v) is 8.44. The summed E-state index contributed by atoms with van der Waals surface area (Å²) in [5.41, 5.74) is 1.21. The Morgan fingerprint density at radius 2 is 2.09 bits per heavy atom. The molecule has 0 amide bonds. The molecule has 186 valence electrons. The fourth-order valence-electron chi connectivity index (χ4n) is 4.33. The van der Waals surface area contributed by atoms with Gasteiger partial charge in [0.15, 0.2) is 5.82 Å². The average Bonchev–Trinajstić information content (AvgIpc) is 3.33. The predicted molar refractivity (Wildman–Crippen MR) is 116 cm³/mol. The highest BCUT2D eigenvalue weighted by Crippen LogP contribution is 2.36. The number of alkyl halides is 4. The van der Waals surface area contributed by atoms with Gasteiger partial charge in [0.2, 0.25) is 11.8 Å². The van der Waals surface area contributed by atoms with Crippen molar-refractivity contribution in [2.24, 2.45) is 0 Å². The van der Waals surface area contributed by atoms with Gasteiger partial charge >= 0.3 is 0 Å². The summed E-state index contributed by atoms with van der Waals surface area (Å²) in [5, 5.41) is 14.4. The summed E-state index contributed by atoms with van der Waals surface area (Å²) in [4.78, 5) is 5.74. The van der Waals surface area contributed by atoms with E-state index in [1.54, 1.807) is 13.1 Å². The Kier molecular flexibility index (Phi) is 5.69. The van der Waals surface area contributed by atoms with Gasteiger partial charge in [0.05, 0.1) is 37.0 Å². The number of nitrogens with zero attached hydrogens (tertiary/aromatic N) is 7. The van der Waals surface area contributed by atoms with Crippen LogP contribution in [-0.4, -0.2) is 80.1 Å². The first-order valence-electron chi connectivity index (χ1n) is 10.7. The van der Waals surface area contributed by atoms with E-state index in [2.05, 4.69) is 25.7 Å². The van der Waals surface area contributed by atoms with E-state index in [4.69, 9.17) is 4.74 Å². The van der Waals surface area contributed by atoms with Crippen molar-refractivity contribution in [3.05, 3.63) is 30.2 Å². The van der Waals surface area contributed by atoms with Gasteiger partial charge in [-0.15, -0.1) is 10.2 Å². The fourth-order valence-corrected chi connectivity index (χ4v) is 4.33. The van der Waals surface area contributed by atoms with Crippen LogP contribution in [0.4, 0.5) is 27.9 Å². The van der Waals surface area contributed by atoms with E-state index < -0.39 is 37.3 Å². The van der Waals surface area contributed by atoms with Gasteiger partial charge in [0, 0.05) is 6.54 Å². The Balaban J connectivity index is 1.56. The minimum atomic E-state index is -3.02. The third kappa shape index (κ3) is 4.22. The Bertz CT molecular complexity index is 1390. The summed E-state index contributed by atoms with van der Waals surface area (Å²) in [7, 11) is 2.93. The largest absolute Gasteiger partial charge is 0.479 e. The van der Waals surface area contributed by atoms with E-state index in [9.17, 15) is 17.6 Å². The van der Waals surface area contributed by atoms with Crippen LogP contribution in [0.1, 0.15) is 6.42 Å². The van der Waals surface area contributed by atoms with Gasteiger partial charge < -0.3 is 15.0 Å². The first kappa shape index (κ1) is 23.2. The molecular formula is C21H21F5N8O. The molecule has 1 N–H and O–H groups in total. The third-order valence-corrected chi connectivity index (χ3v) is 5.95. The fraction of sp³-hybridized carbons (Fsp3) is 0.429. The molecule has 1 aliphatic rings. The third-order valence-electron chi connectivity index (χ3n) is 5.95. The van der Waals surface area contributed by atoms with Crippen LogP contribution in [0.25, 0.3) is 27.7 Å². The highest BCUT2D eigenvalue weighted by atomic mass is 19.3. The number of nitrogens with one attached hydrogen (secondary N) is 1. The summed E-state index contributed by atoms with van der Waals surface area (Å²) < 4.78 is 77.5. The first-order valence-corrected chi connectivity index (χ1v) is 10.7. The summed E-state index contributed by atoms with van der Waals surface area (Å²) >= 11 is 0. The lowest BCUT2D eigenvalue weighted by atomic mass is 10.0. The highest BCUT2D eigenvalue weighted by molar-refractivity contribution is 5.89. The average molecular weight is 496 g/mol. The zero-order valence-electron chi connectivity index (χ0n) is 18.7. The van der Waals surface area contributed by atoms with Crippen LogP contribution in [0.3, 0.4) is 0 Å². The number of rotatable bonds is 6. The maximum atomic E-state index is 15.2. The lowest BCUT2D eigenvalue weighted by molar-refractivity contribution is -0.0675. The van der Waals surface area contributed by atoms with Crippen LogP contribution in [0, 0.1) is 5.82 Å². The number of benzene rings is 1. The zero-order chi connectivity index (χ0) is 24.9. The summed E-state index contributed by atoms with van der Waals surface area (Å²) in [6.45, 7) is -0.609. The lowest BCUT2D eigenvalue weighted by Crippen LogP contribution is -2.53. The Hall–Kier alpha value is -3.55. The number of methoxy groups -OCH3 is 1. The standard InChI is InChI=1S/C21H21F5N8O/c1-32-6-5-15(21(25,26)10-32)27-20-28-19(35-2)18-17(12(22)8-34(18)30-20)11-3-4-13-14(7-11)33(31-29-13)9-16(23)24/h3-4,7-8,15-16H,5-6,9-10H2,1-2H3,(H,27,30). The Morgan fingerprint density at radius 3 is 2.80 bits per heavy atom. The molecule has 4 heterocycles. The molecule has 0 radical (unpaired) electrons. The molecular weight excluding hydrogens is 475 g/mol. The number of aromatic nitrogens is 6. The van der Waals surface area contributed by atoms with Crippen molar-refractivity contribution in [1.29, 1.82) is 0 Å². The van der Waals surface area contributed by atoms with E-state index in [1.165, 1.54) is 24.1 Å². The highest BCUT2D eigenvalue weighted by Gasteiger charge is 2.44. The molecule has 5 rings (SSSR count). The number of ether oxygens (including phenoxy) is 1. The van der Waals surface area contributed by atoms with Gasteiger partial charge in [0.1, 0.15) is 17.6 Å². The first-order chi connectivity index (χ1) is 16.7.